The van der Waals surface area contributed by atoms with Crippen LogP contribution in [-0.4, -0.2) is 47.1 Å². The lowest BCUT2D eigenvalue weighted by Crippen LogP contribution is -2.47. The number of carbonyl (C=O) groups excluding carboxylic acids is 2. The molecule has 0 aromatic carbocycles. The molecule has 0 bridgehead atoms. The lowest BCUT2D eigenvalue weighted by Gasteiger charge is -2.31. The van der Waals surface area contributed by atoms with Crippen molar-refractivity contribution in [1.29, 1.82) is 0 Å². The second kappa shape index (κ2) is 10.2. The quantitative estimate of drug-likeness (QED) is 0.553. The Balaban J connectivity index is 1.36. The molecule has 2 amide bonds. The van der Waals surface area contributed by atoms with Crippen LogP contribution >= 0.6 is 11.8 Å². The molecule has 1 aliphatic rings. The Morgan fingerprint density at radius 1 is 1.30 bits per heavy atom. The first kappa shape index (κ1) is 19.5. The molecule has 2 aromatic heterocycles. The van der Waals surface area contributed by atoms with Gasteiger partial charge in [0, 0.05) is 31.7 Å². The largest absolute Gasteiger partial charge is 0.468 e. The van der Waals surface area contributed by atoms with E-state index in [1.54, 1.807) is 41.3 Å². The zero-order chi connectivity index (χ0) is 18.9. The van der Waals surface area contributed by atoms with Crippen molar-refractivity contribution in [2.75, 3.05) is 25.4 Å². The summed E-state index contributed by atoms with van der Waals surface area (Å²) in [4.78, 5) is 30.9. The summed E-state index contributed by atoms with van der Waals surface area (Å²) in [7, 11) is 0. The Hall–Kier alpha value is -2.28. The third kappa shape index (κ3) is 5.85. The molecule has 1 N–H and O–H groups in total. The van der Waals surface area contributed by atoms with Crippen LogP contribution in [0.25, 0.3) is 0 Å². The number of Topliss-reactive ketones (excluding diaryl/α,β-unsaturated/α-hetero) is 1. The summed E-state index contributed by atoms with van der Waals surface area (Å²) in [5, 5.41) is 2.97. The number of amides is 2. The smallest absolute Gasteiger partial charge is 0.317 e. The van der Waals surface area contributed by atoms with Crippen molar-refractivity contribution in [2.24, 2.45) is 5.92 Å². The van der Waals surface area contributed by atoms with Gasteiger partial charge in [0.15, 0.2) is 5.78 Å². The molecule has 0 unspecified atom stereocenters. The van der Waals surface area contributed by atoms with Crippen molar-refractivity contribution in [1.82, 2.24) is 15.2 Å². The zero-order valence-electron chi connectivity index (χ0n) is 15.3. The van der Waals surface area contributed by atoms with Crippen LogP contribution in [0.15, 0.2) is 47.2 Å². The van der Waals surface area contributed by atoms with E-state index in [0.29, 0.717) is 25.3 Å². The Morgan fingerprint density at radius 3 is 3.00 bits per heavy atom. The highest BCUT2D eigenvalue weighted by molar-refractivity contribution is 7.98. The van der Waals surface area contributed by atoms with Crippen LogP contribution in [-0.2, 0) is 5.75 Å². The van der Waals surface area contributed by atoms with Crippen molar-refractivity contribution >= 4 is 23.6 Å². The average Bonchev–Trinajstić information content (AvgIpc) is 3.24. The molecule has 7 heteroatoms. The van der Waals surface area contributed by atoms with Crippen LogP contribution < -0.4 is 5.32 Å². The van der Waals surface area contributed by atoms with Gasteiger partial charge in [0.2, 0.25) is 0 Å². The fourth-order valence-electron chi connectivity index (χ4n) is 3.14. The molecule has 0 saturated carbocycles. The third-order valence-electron chi connectivity index (χ3n) is 4.56. The zero-order valence-corrected chi connectivity index (χ0v) is 16.1. The van der Waals surface area contributed by atoms with Gasteiger partial charge >= 0.3 is 6.03 Å². The summed E-state index contributed by atoms with van der Waals surface area (Å²) in [5.41, 5.74) is 0.485. The first-order chi connectivity index (χ1) is 13.2. The SMILES string of the molecule is O=C(c1ccccn1)[C@H]1CCCN(C(=O)NCCCSCc2ccco2)C1. The van der Waals surface area contributed by atoms with Crippen LogP contribution in [0.4, 0.5) is 4.79 Å². The van der Waals surface area contributed by atoms with E-state index in [1.165, 1.54) is 0 Å². The maximum absolute atomic E-state index is 12.6. The lowest BCUT2D eigenvalue weighted by atomic mass is 9.92. The second-order valence-corrected chi connectivity index (χ2v) is 7.69. The van der Waals surface area contributed by atoms with Crippen LogP contribution in [0.1, 0.15) is 35.5 Å². The number of hydrogen-bond donors (Lipinski definition) is 1. The van der Waals surface area contributed by atoms with Gasteiger partial charge in [-0.25, -0.2) is 4.79 Å². The number of hydrogen-bond acceptors (Lipinski definition) is 5. The van der Waals surface area contributed by atoms with Gasteiger partial charge < -0.3 is 14.6 Å². The summed E-state index contributed by atoms with van der Waals surface area (Å²) in [6.07, 6.45) is 5.87. The van der Waals surface area contributed by atoms with Crippen LogP contribution in [0.3, 0.4) is 0 Å². The number of urea groups is 1. The molecular weight excluding hydrogens is 362 g/mol. The Morgan fingerprint density at radius 2 is 2.22 bits per heavy atom. The summed E-state index contributed by atoms with van der Waals surface area (Å²) in [5.74, 6) is 2.65. The monoisotopic (exact) mass is 387 g/mol. The minimum atomic E-state index is -0.164. The Labute approximate surface area is 163 Å². The molecule has 1 aliphatic heterocycles. The van der Waals surface area contributed by atoms with Gasteiger partial charge in [0.1, 0.15) is 11.5 Å². The number of thioether (sulfide) groups is 1. The van der Waals surface area contributed by atoms with E-state index in [9.17, 15) is 9.59 Å². The summed E-state index contributed by atoms with van der Waals surface area (Å²) >= 11 is 1.79. The second-order valence-electron chi connectivity index (χ2n) is 6.58. The third-order valence-corrected chi connectivity index (χ3v) is 5.63. The molecule has 3 rings (SSSR count). The van der Waals surface area contributed by atoms with Gasteiger partial charge in [-0.3, -0.25) is 9.78 Å². The summed E-state index contributed by atoms with van der Waals surface area (Å²) in [6, 6.07) is 9.13. The van der Waals surface area contributed by atoms with E-state index in [1.807, 2.05) is 18.2 Å². The van der Waals surface area contributed by atoms with Crippen molar-refractivity contribution < 1.29 is 14.0 Å². The van der Waals surface area contributed by atoms with Crippen LogP contribution in [0, 0.1) is 5.92 Å². The van der Waals surface area contributed by atoms with E-state index >= 15 is 0 Å². The van der Waals surface area contributed by atoms with E-state index < -0.39 is 0 Å². The minimum absolute atomic E-state index is 0.0300. The molecule has 2 aromatic rings. The van der Waals surface area contributed by atoms with Gasteiger partial charge in [-0.2, -0.15) is 11.8 Å². The molecule has 0 spiro atoms. The van der Waals surface area contributed by atoms with E-state index in [4.69, 9.17) is 4.42 Å². The predicted molar refractivity (Wildman–Crippen MR) is 106 cm³/mol. The first-order valence-electron chi connectivity index (χ1n) is 9.32. The van der Waals surface area contributed by atoms with E-state index in [0.717, 1.165) is 36.5 Å². The average molecular weight is 388 g/mol. The normalized spacial score (nSPS) is 16.9. The number of aromatic nitrogens is 1. The van der Waals surface area contributed by atoms with Gasteiger partial charge in [-0.05, 0) is 49.3 Å². The van der Waals surface area contributed by atoms with Crippen molar-refractivity contribution in [2.45, 2.75) is 25.0 Å². The number of rotatable bonds is 8. The van der Waals surface area contributed by atoms with E-state index in [2.05, 4.69) is 10.3 Å². The maximum Gasteiger partial charge on any atom is 0.317 e. The molecule has 27 heavy (non-hydrogen) atoms. The number of nitrogens with one attached hydrogen (secondary N) is 1. The number of carbonyl (C=O) groups is 2. The molecular formula is C20H25N3O3S. The molecule has 3 heterocycles. The molecule has 1 saturated heterocycles. The minimum Gasteiger partial charge on any atom is -0.468 e. The lowest BCUT2D eigenvalue weighted by molar-refractivity contribution is 0.0840. The van der Waals surface area contributed by atoms with Crippen LogP contribution in [0.2, 0.25) is 0 Å². The van der Waals surface area contributed by atoms with Crippen molar-refractivity contribution in [3.8, 4) is 0 Å². The van der Waals surface area contributed by atoms with Crippen LogP contribution in [0.5, 0.6) is 0 Å². The molecule has 6 nitrogen and oxygen atoms in total. The Bertz CT molecular complexity index is 721. The summed E-state index contributed by atoms with van der Waals surface area (Å²) < 4.78 is 5.29. The fraction of sp³-hybridized carbons (Fsp3) is 0.450. The van der Waals surface area contributed by atoms with Gasteiger partial charge in [0.05, 0.1) is 12.0 Å². The van der Waals surface area contributed by atoms with Gasteiger partial charge in [-0.1, -0.05) is 6.07 Å². The first-order valence-corrected chi connectivity index (χ1v) is 10.5. The molecule has 0 radical (unpaired) electrons. The fourth-order valence-corrected chi connectivity index (χ4v) is 4.00. The van der Waals surface area contributed by atoms with E-state index in [-0.39, 0.29) is 17.7 Å². The van der Waals surface area contributed by atoms with Crippen molar-refractivity contribution in [3.63, 3.8) is 0 Å². The highest BCUT2D eigenvalue weighted by Gasteiger charge is 2.29. The Kier molecular flexibility index (Phi) is 7.33. The number of nitrogens with zero attached hydrogens (tertiary/aromatic N) is 2. The number of pyridine rings is 1. The maximum atomic E-state index is 12.6. The summed E-state index contributed by atoms with van der Waals surface area (Å²) in [6.45, 7) is 1.80. The number of ketones is 1. The van der Waals surface area contributed by atoms with Gasteiger partial charge in [-0.15, -0.1) is 0 Å². The number of furan rings is 1. The molecule has 1 fully saturated rings. The number of piperidine rings is 1. The predicted octanol–water partition coefficient (Wildman–Crippen LogP) is 3.60. The highest BCUT2D eigenvalue weighted by atomic mass is 32.2. The van der Waals surface area contributed by atoms with Gasteiger partial charge in [0.25, 0.3) is 0 Å². The topological polar surface area (TPSA) is 75.4 Å². The number of likely N-dealkylation sites (tertiary alicyclic amines) is 1. The standard InChI is InChI=1S/C20H25N3O3S/c24-19(18-8-1-2-9-21-18)16-6-3-11-23(14-16)20(25)22-10-5-13-27-15-17-7-4-12-26-17/h1-2,4,7-9,12,16H,3,5-6,10-11,13-15H2,(H,22,25)/t16-/m0/s1. The van der Waals surface area contributed by atoms with Crippen molar-refractivity contribution in [3.05, 3.63) is 54.2 Å². The molecule has 1 atom stereocenters. The molecule has 0 aliphatic carbocycles. The molecule has 144 valence electrons. The highest BCUT2D eigenvalue weighted by Crippen LogP contribution is 2.20.